The number of carbonyl (C=O) groups is 2. The van der Waals surface area contributed by atoms with Gasteiger partial charge in [0, 0.05) is 37.1 Å². The summed E-state index contributed by atoms with van der Waals surface area (Å²) in [6.07, 6.45) is 0. The second-order valence-corrected chi connectivity index (χ2v) is 9.72. The first-order valence-corrected chi connectivity index (χ1v) is 12.6. The van der Waals surface area contributed by atoms with Gasteiger partial charge in [0.05, 0.1) is 10.5 Å². The summed E-state index contributed by atoms with van der Waals surface area (Å²) in [5.41, 5.74) is 0.971. The number of benzene rings is 2. The fourth-order valence-corrected chi connectivity index (χ4v) is 5.01. The standard InChI is InChI=1S/C24H32FN3O5S/c1-6-27(7-2)34(31,32)20-13-14-22(25)21(15-20)24(30)33-16-23(29)26-18-9-11-19(12-10-18)28(8-3)17(4)5/h9-15,17H,6-8,16H2,1-5H3,(H,26,29). The van der Waals surface area contributed by atoms with Crippen LogP contribution in [-0.2, 0) is 19.6 Å². The van der Waals surface area contributed by atoms with Gasteiger partial charge in [0.25, 0.3) is 5.91 Å². The molecular weight excluding hydrogens is 461 g/mol. The van der Waals surface area contributed by atoms with E-state index < -0.39 is 39.9 Å². The minimum atomic E-state index is -3.89. The highest BCUT2D eigenvalue weighted by atomic mass is 32.2. The van der Waals surface area contributed by atoms with Crippen molar-refractivity contribution in [2.24, 2.45) is 0 Å². The SMILES string of the molecule is CCN(c1ccc(NC(=O)COC(=O)c2cc(S(=O)(=O)N(CC)CC)ccc2F)cc1)C(C)C. The zero-order valence-electron chi connectivity index (χ0n) is 20.2. The van der Waals surface area contributed by atoms with Crippen molar-refractivity contribution < 1.29 is 27.1 Å². The van der Waals surface area contributed by atoms with Crippen molar-refractivity contribution in [2.45, 2.75) is 45.6 Å². The maximum Gasteiger partial charge on any atom is 0.341 e. The molecule has 2 rings (SSSR count). The lowest BCUT2D eigenvalue weighted by molar-refractivity contribution is -0.119. The van der Waals surface area contributed by atoms with Crippen molar-refractivity contribution in [3.05, 3.63) is 53.8 Å². The minimum absolute atomic E-state index is 0.225. The van der Waals surface area contributed by atoms with E-state index in [1.165, 1.54) is 4.31 Å². The molecule has 0 aromatic heterocycles. The zero-order valence-corrected chi connectivity index (χ0v) is 21.0. The fourth-order valence-electron chi connectivity index (χ4n) is 3.52. The number of nitrogens with one attached hydrogen (secondary N) is 1. The second kappa shape index (κ2) is 11.9. The molecule has 1 N–H and O–H groups in total. The molecule has 0 atom stereocenters. The number of halogens is 1. The molecule has 0 aliphatic heterocycles. The van der Waals surface area contributed by atoms with E-state index in [1.54, 1.807) is 26.0 Å². The van der Waals surface area contributed by atoms with Crippen molar-refractivity contribution in [3.63, 3.8) is 0 Å². The molecule has 0 spiro atoms. The lowest BCUT2D eigenvalue weighted by atomic mass is 10.2. The number of amides is 1. The number of carbonyl (C=O) groups excluding carboxylic acids is 2. The first kappa shape index (κ1) is 27.3. The Morgan fingerprint density at radius 2 is 1.62 bits per heavy atom. The van der Waals surface area contributed by atoms with Crippen molar-refractivity contribution in [1.29, 1.82) is 0 Å². The molecule has 0 unspecified atom stereocenters. The monoisotopic (exact) mass is 493 g/mol. The molecule has 0 aliphatic carbocycles. The number of ether oxygens (including phenoxy) is 1. The van der Waals surface area contributed by atoms with Crippen LogP contribution in [0.15, 0.2) is 47.4 Å². The first-order chi connectivity index (χ1) is 16.0. The second-order valence-electron chi connectivity index (χ2n) is 7.78. The van der Waals surface area contributed by atoms with Crippen LogP contribution in [0, 0.1) is 5.82 Å². The zero-order chi connectivity index (χ0) is 25.5. The summed E-state index contributed by atoms with van der Waals surface area (Å²) in [7, 11) is -3.89. The van der Waals surface area contributed by atoms with Gasteiger partial charge in [0.1, 0.15) is 5.82 Å². The maximum atomic E-state index is 14.2. The highest BCUT2D eigenvalue weighted by Gasteiger charge is 2.25. The van der Waals surface area contributed by atoms with Crippen molar-refractivity contribution in [1.82, 2.24) is 4.31 Å². The molecule has 0 radical (unpaired) electrons. The summed E-state index contributed by atoms with van der Waals surface area (Å²) in [5.74, 6) is -2.68. The summed E-state index contributed by atoms with van der Waals surface area (Å²) < 4.78 is 45.6. The lowest BCUT2D eigenvalue weighted by Crippen LogP contribution is -2.31. The third-order valence-corrected chi connectivity index (χ3v) is 7.33. The Morgan fingerprint density at radius 1 is 1.00 bits per heavy atom. The van der Waals surface area contributed by atoms with Crippen LogP contribution in [0.2, 0.25) is 0 Å². The van der Waals surface area contributed by atoms with E-state index in [-0.39, 0.29) is 18.0 Å². The summed E-state index contributed by atoms with van der Waals surface area (Å²) in [4.78, 5) is 26.6. The molecule has 2 aromatic rings. The van der Waals surface area contributed by atoms with Gasteiger partial charge in [-0.2, -0.15) is 4.31 Å². The van der Waals surface area contributed by atoms with Crippen molar-refractivity contribution >= 4 is 33.3 Å². The summed E-state index contributed by atoms with van der Waals surface area (Å²) >= 11 is 0. The van der Waals surface area contributed by atoms with Crippen LogP contribution in [0.5, 0.6) is 0 Å². The highest BCUT2D eigenvalue weighted by molar-refractivity contribution is 7.89. The number of sulfonamides is 1. The third-order valence-electron chi connectivity index (χ3n) is 5.28. The Kier molecular flexibility index (Phi) is 9.57. The van der Waals surface area contributed by atoms with Crippen LogP contribution in [0.25, 0.3) is 0 Å². The quantitative estimate of drug-likeness (QED) is 0.477. The van der Waals surface area contributed by atoms with Gasteiger partial charge in [-0.1, -0.05) is 13.8 Å². The molecule has 34 heavy (non-hydrogen) atoms. The predicted molar refractivity (Wildman–Crippen MR) is 130 cm³/mol. The molecule has 0 saturated heterocycles. The normalized spacial score (nSPS) is 11.5. The average Bonchev–Trinajstić information content (AvgIpc) is 2.79. The van der Waals surface area contributed by atoms with Gasteiger partial charge >= 0.3 is 5.97 Å². The molecular formula is C24H32FN3O5S. The van der Waals surface area contributed by atoms with E-state index >= 15 is 0 Å². The van der Waals surface area contributed by atoms with Crippen LogP contribution in [0.1, 0.15) is 45.0 Å². The average molecular weight is 494 g/mol. The van der Waals surface area contributed by atoms with E-state index in [0.29, 0.717) is 11.7 Å². The molecule has 0 fully saturated rings. The van der Waals surface area contributed by atoms with Gasteiger partial charge in [0.15, 0.2) is 6.61 Å². The largest absolute Gasteiger partial charge is 0.452 e. The number of hydrogen-bond donors (Lipinski definition) is 1. The Bertz CT molecular complexity index is 1100. The van der Waals surface area contributed by atoms with E-state index in [0.717, 1.165) is 30.4 Å². The van der Waals surface area contributed by atoms with Crippen LogP contribution >= 0.6 is 0 Å². The Labute approximate surface area is 200 Å². The van der Waals surface area contributed by atoms with Crippen molar-refractivity contribution in [3.8, 4) is 0 Å². The molecule has 186 valence electrons. The van der Waals surface area contributed by atoms with Gasteiger partial charge in [-0.05, 0) is 63.2 Å². The Hall–Kier alpha value is -2.98. The van der Waals surface area contributed by atoms with Gasteiger partial charge in [0.2, 0.25) is 10.0 Å². The minimum Gasteiger partial charge on any atom is -0.452 e. The molecule has 1 amide bonds. The predicted octanol–water partition coefficient (Wildman–Crippen LogP) is 3.89. The number of anilines is 2. The molecule has 10 heteroatoms. The van der Waals surface area contributed by atoms with Gasteiger partial charge in [-0.25, -0.2) is 17.6 Å². The number of nitrogens with zero attached hydrogens (tertiary/aromatic N) is 2. The smallest absolute Gasteiger partial charge is 0.341 e. The molecule has 2 aromatic carbocycles. The molecule has 8 nitrogen and oxygen atoms in total. The van der Waals surface area contributed by atoms with Crippen LogP contribution < -0.4 is 10.2 Å². The van der Waals surface area contributed by atoms with E-state index in [1.807, 2.05) is 12.1 Å². The Morgan fingerprint density at radius 3 is 2.15 bits per heavy atom. The van der Waals surface area contributed by atoms with E-state index in [2.05, 4.69) is 31.0 Å². The summed E-state index contributed by atoms with van der Waals surface area (Å²) in [6, 6.07) is 10.5. The van der Waals surface area contributed by atoms with E-state index in [4.69, 9.17) is 4.74 Å². The van der Waals surface area contributed by atoms with E-state index in [9.17, 15) is 22.4 Å². The molecule has 0 saturated carbocycles. The number of rotatable bonds is 11. The molecule has 0 aliphatic rings. The molecule has 0 heterocycles. The van der Waals surface area contributed by atoms with Crippen molar-refractivity contribution in [2.75, 3.05) is 36.5 Å². The van der Waals surface area contributed by atoms with Crippen LogP contribution in [0.4, 0.5) is 15.8 Å². The maximum absolute atomic E-state index is 14.2. The Balaban J connectivity index is 2.05. The fraction of sp³-hybridized carbons (Fsp3) is 0.417. The van der Waals surface area contributed by atoms with Gasteiger partial charge < -0.3 is 15.0 Å². The number of hydrogen-bond acceptors (Lipinski definition) is 6. The molecule has 0 bridgehead atoms. The summed E-state index contributed by atoms with van der Waals surface area (Å²) in [5, 5.41) is 2.61. The lowest BCUT2D eigenvalue weighted by Gasteiger charge is -2.27. The third kappa shape index (κ3) is 6.54. The highest BCUT2D eigenvalue weighted by Crippen LogP contribution is 2.21. The topological polar surface area (TPSA) is 96.0 Å². The first-order valence-electron chi connectivity index (χ1n) is 11.2. The summed E-state index contributed by atoms with van der Waals surface area (Å²) in [6.45, 7) is 10.2. The van der Waals surface area contributed by atoms with Crippen LogP contribution in [-0.4, -0.2) is 56.9 Å². The van der Waals surface area contributed by atoms with Gasteiger partial charge in [-0.3, -0.25) is 4.79 Å². The number of esters is 1. The van der Waals surface area contributed by atoms with Crippen LogP contribution in [0.3, 0.4) is 0 Å². The van der Waals surface area contributed by atoms with Gasteiger partial charge in [-0.15, -0.1) is 0 Å².